The number of ether oxygens (including phenoxy) is 4. The predicted octanol–water partition coefficient (Wildman–Crippen LogP) is 24.7. The van der Waals surface area contributed by atoms with Crippen LogP contribution in [0.15, 0.2) is 97.1 Å². The first-order chi connectivity index (χ1) is 50.2. The van der Waals surface area contributed by atoms with Crippen molar-refractivity contribution in [3.05, 3.63) is 142 Å². The Morgan fingerprint density at radius 1 is 0.352 bits per heavy atom. The van der Waals surface area contributed by atoms with Crippen LogP contribution in [0.25, 0.3) is 0 Å². The zero-order chi connectivity index (χ0) is 73.9. The average Bonchev–Trinajstić information content (AvgIpc) is 0.661. The molecule has 19 aliphatic carbocycles. The SMILES string of the molecule is CCC(C)c1ccc(C(=O)OC(C)(C)C23CC4CC(CC(C4)C2)C3)cc1.CCC(C)c1ccc(C(=O)OC(C)(C)C23CC4CC5C6CC(CC52)CC3C6C4)cc1.CCC(C)c1ccc(C(=O)OC2(C)C3CC4CC(C3)CC2C4)cc1.CCC(C)c1ccc(C(=O)OC2(CC)C3CC4CC(C3)CC2C4)cc1. The van der Waals surface area contributed by atoms with Gasteiger partial charge in [0.15, 0.2) is 0 Å². The summed E-state index contributed by atoms with van der Waals surface area (Å²) >= 11 is 0. The molecule has 20 bridgehead atoms. The Balaban J connectivity index is 0.000000113. The van der Waals surface area contributed by atoms with E-state index in [4.69, 9.17) is 18.9 Å². The smallest absolute Gasteiger partial charge is 0.338 e. The number of rotatable bonds is 19. The van der Waals surface area contributed by atoms with Crippen molar-refractivity contribution in [2.75, 3.05) is 0 Å². The van der Waals surface area contributed by atoms with Crippen LogP contribution in [-0.2, 0) is 18.9 Å². The van der Waals surface area contributed by atoms with Crippen LogP contribution in [0.1, 0.15) is 358 Å². The molecule has 19 saturated carbocycles. The third-order valence-corrected chi connectivity index (χ3v) is 33.9. The van der Waals surface area contributed by atoms with Gasteiger partial charge in [-0.25, -0.2) is 19.2 Å². The number of carbonyl (C=O) groups excluding carboxylic acids is 4. The van der Waals surface area contributed by atoms with Crippen LogP contribution in [-0.4, -0.2) is 46.3 Å². The molecule has 0 aliphatic heterocycles. The fourth-order valence-corrected chi connectivity index (χ4v) is 28.0. The highest BCUT2D eigenvalue weighted by atomic mass is 16.6. The molecule has 19 fully saturated rings. The lowest BCUT2D eigenvalue weighted by Gasteiger charge is -2.77. The predicted molar refractivity (Wildman–Crippen MR) is 421 cm³/mol. The van der Waals surface area contributed by atoms with Gasteiger partial charge in [-0.1, -0.05) is 111 Å². The third-order valence-electron chi connectivity index (χ3n) is 33.9. The molecule has 8 unspecified atom stereocenters. The Kier molecular flexibility index (Phi) is 20.9. The maximum absolute atomic E-state index is 13.3. The van der Waals surface area contributed by atoms with Gasteiger partial charge in [0, 0.05) is 10.8 Å². The minimum atomic E-state index is -0.379. The normalized spacial score (nSPS) is 38.5. The second-order valence-electron chi connectivity index (χ2n) is 40.0. The van der Waals surface area contributed by atoms with E-state index in [0.29, 0.717) is 69.6 Å². The van der Waals surface area contributed by atoms with Crippen molar-refractivity contribution in [2.45, 2.75) is 316 Å². The fourth-order valence-electron chi connectivity index (χ4n) is 28.0. The van der Waals surface area contributed by atoms with Crippen LogP contribution in [0.3, 0.4) is 0 Å². The van der Waals surface area contributed by atoms with E-state index < -0.39 is 0 Å². The zero-order valence-corrected chi connectivity index (χ0v) is 67.3. The molecular formula is C97H134O8. The highest BCUT2D eigenvalue weighted by Gasteiger charge is 2.74. The molecule has 8 nitrogen and oxygen atoms in total. The van der Waals surface area contributed by atoms with Crippen LogP contribution in [0, 0.1) is 117 Å². The van der Waals surface area contributed by atoms with Crippen LogP contribution in [0.2, 0.25) is 0 Å². The van der Waals surface area contributed by atoms with Gasteiger partial charge in [0.05, 0.1) is 22.3 Å². The molecule has 0 saturated heterocycles. The van der Waals surface area contributed by atoms with Crippen LogP contribution in [0.4, 0.5) is 0 Å². The molecule has 4 aromatic rings. The average molecular weight is 1430 g/mol. The highest BCUT2D eigenvalue weighted by Crippen LogP contribution is 2.79. The molecule has 19 aliphatic rings. The Morgan fingerprint density at radius 3 is 1.00 bits per heavy atom. The van der Waals surface area contributed by atoms with Gasteiger partial charge in [0.2, 0.25) is 0 Å². The standard InChI is InChI=1S/C28H38O2.C24H34O2.C23H32O2.C22H30O2/c1-5-16(2)19-6-8-20(9-7-19)26(29)30-27(3,4)28-15-18-11-22-21-10-17(13-24(22)28)14-25(28)23(21)12-18;1-5-16(2)20-6-8-21(9-7-20)22(25)26-23(3,4)24-13-17-10-18(14-24)12-19(11-17)15-24;1-4-15(3)18-6-8-19(9-7-18)22(24)25-23(5-2)20-11-16-10-17(13-20)14-21(23)12-16;1-4-14(2)17-5-7-18(8-6-17)21(23)24-22(3)19-10-15-9-16(12-19)13-20(22)11-15/h6-9,16-18,21-25H,5,10-15H2,1-4H3;6-9,16-19H,5,10-15H2,1-4H3;6-9,15-17,20-21H,4-5,10-14H2,1-3H3;5-8,14-16,19-20H,4,9-13H2,1-3H3. The summed E-state index contributed by atoms with van der Waals surface area (Å²) in [6, 6.07) is 32.4. The van der Waals surface area contributed by atoms with E-state index in [1.54, 1.807) is 0 Å². The van der Waals surface area contributed by atoms with Crippen LogP contribution in [0.5, 0.6) is 0 Å². The molecule has 570 valence electrons. The van der Waals surface area contributed by atoms with Gasteiger partial charge >= 0.3 is 23.9 Å². The minimum absolute atomic E-state index is 0.106. The Hall–Kier alpha value is -5.24. The molecule has 0 aromatic heterocycles. The lowest BCUT2D eigenvalue weighted by atomic mass is 9.28. The number of benzene rings is 4. The Bertz CT molecular complexity index is 3620. The van der Waals surface area contributed by atoms with Gasteiger partial charge in [0.25, 0.3) is 0 Å². The van der Waals surface area contributed by atoms with Gasteiger partial charge in [-0.2, -0.15) is 0 Å². The summed E-state index contributed by atoms with van der Waals surface area (Å²) in [7, 11) is 0. The molecule has 0 radical (unpaired) electrons. The Morgan fingerprint density at radius 2 is 0.648 bits per heavy atom. The molecule has 23 rings (SSSR count). The molecule has 105 heavy (non-hydrogen) atoms. The summed E-state index contributed by atoms with van der Waals surface area (Å²) in [4.78, 5) is 51.9. The third kappa shape index (κ3) is 13.7. The van der Waals surface area contributed by atoms with Gasteiger partial charge in [-0.3, -0.25) is 0 Å². The van der Waals surface area contributed by atoms with Crippen LogP contribution >= 0.6 is 0 Å². The summed E-state index contributed by atoms with van der Waals surface area (Å²) in [5, 5.41) is 0. The summed E-state index contributed by atoms with van der Waals surface area (Å²) in [5.41, 5.74) is 7.28. The van der Waals surface area contributed by atoms with Crippen molar-refractivity contribution in [2.24, 2.45) is 117 Å². The van der Waals surface area contributed by atoms with Crippen molar-refractivity contribution in [3.8, 4) is 0 Å². The van der Waals surface area contributed by atoms with Crippen molar-refractivity contribution in [1.29, 1.82) is 0 Å². The lowest BCUT2D eigenvalue weighted by Crippen LogP contribution is -2.73. The van der Waals surface area contributed by atoms with Gasteiger partial charge in [-0.15, -0.1) is 0 Å². The second kappa shape index (κ2) is 29.2. The maximum Gasteiger partial charge on any atom is 0.338 e. The molecular weight excluding hydrogens is 1290 g/mol. The summed E-state index contributed by atoms with van der Waals surface area (Å²) in [6.07, 6.45) is 35.1. The van der Waals surface area contributed by atoms with Crippen LogP contribution < -0.4 is 0 Å². The number of hydrogen-bond donors (Lipinski definition) is 0. The van der Waals surface area contributed by atoms with E-state index in [1.165, 1.54) is 164 Å². The number of hydrogen-bond acceptors (Lipinski definition) is 8. The number of carbonyl (C=O) groups is 4. The van der Waals surface area contributed by atoms with E-state index in [-0.39, 0.29) is 57.1 Å². The molecule has 4 aromatic carbocycles. The van der Waals surface area contributed by atoms with Gasteiger partial charge < -0.3 is 18.9 Å². The van der Waals surface area contributed by atoms with Crippen molar-refractivity contribution < 1.29 is 38.1 Å². The van der Waals surface area contributed by atoms with Gasteiger partial charge in [0.1, 0.15) is 22.4 Å². The first-order valence-corrected chi connectivity index (χ1v) is 43.5. The van der Waals surface area contributed by atoms with Crippen molar-refractivity contribution in [3.63, 3.8) is 0 Å². The van der Waals surface area contributed by atoms with E-state index in [1.807, 2.05) is 48.5 Å². The first-order valence-electron chi connectivity index (χ1n) is 43.5. The topological polar surface area (TPSA) is 105 Å². The molecule has 0 heterocycles. The summed E-state index contributed by atoms with van der Waals surface area (Å²) < 4.78 is 25.2. The molecule has 0 amide bonds. The largest absolute Gasteiger partial charge is 0.455 e. The van der Waals surface area contributed by atoms with Gasteiger partial charge in [-0.05, 0) is 409 Å². The van der Waals surface area contributed by atoms with E-state index in [9.17, 15) is 19.2 Å². The number of esters is 4. The molecule has 0 N–H and O–H groups in total. The zero-order valence-electron chi connectivity index (χ0n) is 67.3. The van der Waals surface area contributed by atoms with E-state index >= 15 is 0 Å². The summed E-state index contributed by atoms with van der Waals surface area (Å²) in [5.74, 6) is 16.5. The maximum atomic E-state index is 13.3. The second-order valence-corrected chi connectivity index (χ2v) is 40.0. The lowest BCUT2D eigenvalue weighted by molar-refractivity contribution is -0.304. The molecule has 0 spiro atoms. The fraction of sp³-hybridized carbons (Fsp3) is 0.711. The van der Waals surface area contributed by atoms with E-state index in [2.05, 4.69) is 145 Å². The quantitative estimate of drug-likeness (QED) is 0.0675. The summed E-state index contributed by atoms with van der Waals surface area (Å²) in [6.45, 7) is 31.0. The minimum Gasteiger partial charge on any atom is -0.455 e. The molecule has 8 heteroatoms. The monoisotopic (exact) mass is 1430 g/mol. The molecule has 8 atom stereocenters. The van der Waals surface area contributed by atoms with Crippen molar-refractivity contribution in [1.82, 2.24) is 0 Å². The van der Waals surface area contributed by atoms with E-state index in [0.717, 1.165) is 115 Å². The first kappa shape index (κ1) is 75.2. The Labute approximate surface area is 633 Å². The van der Waals surface area contributed by atoms with Crippen molar-refractivity contribution >= 4 is 23.9 Å². The highest BCUT2D eigenvalue weighted by molar-refractivity contribution is 5.91.